The molecular weight excluding hydrogens is 308 g/mol. The van der Waals surface area contributed by atoms with E-state index < -0.39 is 0 Å². The van der Waals surface area contributed by atoms with Gasteiger partial charge in [-0.3, -0.25) is 14.4 Å². The number of carbonyl (C=O) groups excluding carboxylic acids is 2. The number of piperazine rings is 1. The molecule has 2 atom stereocenters. The zero-order chi connectivity index (χ0) is 17.4. The first kappa shape index (κ1) is 16.2. The van der Waals surface area contributed by atoms with E-state index in [2.05, 4.69) is 9.97 Å². The molecular formula is C17H20N4O3. The minimum absolute atomic E-state index is 0.0207. The van der Waals surface area contributed by atoms with Crippen molar-refractivity contribution in [2.45, 2.75) is 32.9 Å². The third-order valence-corrected chi connectivity index (χ3v) is 4.46. The van der Waals surface area contributed by atoms with E-state index in [0.717, 1.165) is 0 Å². The first-order valence-corrected chi connectivity index (χ1v) is 7.94. The number of hydrogen-bond acceptors (Lipinski definition) is 4. The molecule has 1 saturated heterocycles. The molecule has 1 aliphatic heterocycles. The lowest BCUT2D eigenvalue weighted by Crippen LogP contribution is -2.59. The number of amides is 2. The van der Waals surface area contributed by atoms with Crippen molar-refractivity contribution in [3.63, 3.8) is 0 Å². The van der Waals surface area contributed by atoms with Crippen LogP contribution in [0.15, 0.2) is 29.3 Å². The third-order valence-electron chi connectivity index (χ3n) is 4.46. The predicted octanol–water partition coefficient (Wildman–Crippen LogP) is 1.00. The number of nitrogens with one attached hydrogen (secondary N) is 1. The van der Waals surface area contributed by atoms with Gasteiger partial charge in [0.15, 0.2) is 0 Å². The van der Waals surface area contributed by atoms with Crippen LogP contribution >= 0.6 is 0 Å². The SMILES string of the molecule is CC(=O)N1CC(C)N(C(=O)c2cnc3c(=O)[nH]ccc3c2)C(C)C1. The molecule has 0 aliphatic carbocycles. The van der Waals surface area contributed by atoms with Crippen LogP contribution in [0.4, 0.5) is 0 Å². The summed E-state index contributed by atoms with van der Waals surface area (Å²) in [5.74, 6) is -0.111. The van der Waals surface area contributed by atoms with Crippen LogP contribution in [0, 0.1) is 0 Å². The number of aromatic amines is 1. The van der Waals surface area contributed by atoms with Crippen LogP contribution in [-0.4, -0.2) is 56.8 Å². The Labute approximate surface area is 139 Å². The highest BCUT2D eigenvalue weighted by molar-refractivity contribution is 5.97. The summed E-state index contributed by atoms with van der Waals surface area (Å²) in [7, 11) is 0. The van der Waals surface area contributed by atoms with Gasteiger partial charge in [-0.05, 0) is 26.0 Å². The normalized spacial score (nSPS) is 21.1. The average molecular weight is 328 g/mol. The van der Waals surface area contributed by atoms with Crippen LogP contribution in [0.25, 0.3) is 10.9 Å². The van der Waals surface area contributed by atoms with Crippen LogP contribution in [-0.2, 0) is 4.79 Å². The molecule has 0 radical (unpaired) electrons. The van der Waals surface area contributed by atoms with Gasteiger partial charge in [-0.2, -0.15) is 0 Å². The summed E-state index contributed by atoms with van der Waals surface area (Å²) in [6, 6.07) is 3.25. The zero-order valence-corrected chi connectivity index (χ0v) is 13.9. The Kier molecular flexibility index (Phi) is 4.09. The summed E-state index contributed by atoms with van der Waals surface area (Å²) in [5, 5.41) is 0.632. The lowest BCUT2D eigenvalue weighted by atomic mass is 10.1. The number of carbonyl (C=O) groups is 2. The van der Waals surface area contributed by atoms with Crippen molar-refractivity contribution in [2.24, 2.45) is 0 Å². The predicted molar refractivity (Wildman–Crippen MR) is 89.7 cm³/mol. The van der Waals surface area contributed by atoms with E-state index >= 15 is 0 Å². The zero-order valence-electron chi connectivity index (χ0n) is 13.9. The van der Waals surface area contributed by atoms with Gasteiger partial charge in [0.2, 0.25) is 5.91 Å². The molecule has 0 spiro atoms. The smallest absolute Gasteiger partial charge is 0.274 e. The Bertz CT molecular complexity index is 848. The summed E-state index contributed by atoms with van der Waals surface area (Å²) in [6.45, 7) is 6.45. The fourth-order valence-electron chi connectivity index (χ4n) is 3.32. The summed E-state index contributed by atoms with van der Waals surface area (Å²) < 4.78 is 0. The maximum absolute atomic E-state index is 12.9. The molecule has 1 N–H and O–H groups in total. The van der Waals surface area contributed by atoms with Crippen molar-refractivity contribution < 1.29 is 9.59 Å². The molecule has 7 heteroatoms. The topological polar surface area (TPSA) is 86.4 Å². The molecule has 0 bridgehead atoms. The quantitative estimate of drug-likeness (QED) is 0.846. The van der Waals surface area contributed by atoms with Gasteiger partial charge in [0.1, 0.15) is 5.52 Å². The van der Waals surface area contributed by atoms with Gasteiger partial charge in [0, 0.05) is 49.9 Å². The Morgan fingerprint density at radius 1 is 1.25 bits per heavy atom. The molecule has 0 saturated carbocycles. The van der Waals surface area contributed by atoms with Gasteiger partial charge in [-0.15, -0.1) is 0 Å². The van der Waals surface area contributed by atoms with E-state index in [1.165, 1.54) is 12.4 Å². The Balaban J connectivity index is 1.91. The molecule has 2 unspecified atom stereocenters. The molecule has 3 rings (SSSR count). The number of aromatic nitrogens is 2. The highest BCUT2D eigenvalue weighted by atomic mass is 16.2. The Hall–Kier alpha value is -2.70. The lowest BCUT2D eigenvalue weighted by Gasteiger charge is -2.44. The molecule has 3 heterocycles. The van der Waals surface area contributed by atoms with Crippen LogP contribution in [0.5, 0.6) is 0 Å². The minimum atomic E-state index is -0.275. The minimum Gasteiger partial charge on any atom is -0.339 e. The first-order chi connectivity index (χ1) is 11.4. The van der Waals surface area contributed by atoms with Crippen LogP contribution in [0.3, 0.4) is 0 Å². The molecule has 1 aliphatic rings. The molecule has 1 fully saturated rings. The number of H-pyrrole nitrogens is 1. The van der Waals surface area contributed by atoms with Crippen molar-refractivity contribution >= 4 is 22.7 Å². The van der Waals surface area contributed by atoms with E-state index in [1.807, 2.05) is 13.8 Å². The second-order valence-electron chi connectivity index (χ2n) is 6.30. The molecule has 2 aromatic rings. The van der Waals surface area contributed by atoms with E-state index in [0.29, 0.717) is 29.6 Å². The van der Waals surface area contributed by atoms with E-state index in [4.69, 9.17) is 0 Å². The fraction of sp³-hybridized carbons (Fsp3) is 0.412. The van der Waals surface area contributed by atoms with Gasteiger partial charge < -0.3 is 14.8 Å². The van der Waals surface area contributed by atoms with Gasteiger partial charge in [0.05, 0.1) is 5.56 Å². The average Bonchev–Trinajstić information content (AvgIpc) is 2.53. The largest absolute Gasteiger partial charge is 0.339 e. The number of nitrogens with zero attached hydrogens (tertiary/aromatic N) is 3. The summed E-state index contributed by atoms with van der Waals surface area (Å²) in [6.07, 6.45) is 2.98. The van der Waals surface area contributed by atoms with Crippen LogP contribution < -0.4 is 5.56 Å². The van der Waals surface area contributed by atoms with Gasteiger partial charge in [0.25, 0.3) is 11.5 Å². The standard InChI is InChI=1S/C17H20N4O3/c1-10-8-20(12(3)22)9-11(2)21(10)17(24)14-6-13-4-5-18-16(23)15(13)19-7-14/h4-7,10-11H,8-9H2,1-3H3,(H,18,23). The Morgan fingerprint density at radius 3 is 2.54 bits per heavy atom. The summed E-state index contributed by atoms with van der Waals surface area (Å²) in [4.78, 5) is 46.5. The number of pyridine rings is 2. The van der Waals surface area contributed by atoms with Crippen molar-refractivity contribution in [3.05, 3.63) is 40.4 Å². The number of rotatable bonds is 1. The van der Waals surface area contributed by atoms with Crippen molar-refractivity contribution in [1.82, 2.24) is 19.8 Å². The lowest BCUT2D eigenvalue weighted by molar-refractivity contribution is -0.132. The first-order valence-electron chi connectivity index (χ1n) is 7.94. The third kappa shape index (κ3) is 2.77. The van der Waals surface area contributed by atoms with E-state index in [9.17, 15) is 14.4 Å². The highest BCUT2D eigenvalue weighted by Gasteiger charge is 2.34. The maximum Gasteiger partial charge on any atom is 0.274 e. The molecule has 2 amide bonds. The summed E-state index contributed by atoms with van der Waals surface area (Å²) >= 11 is 0. The van der Waals surface area contributed by atoms with Gasteiger partial charge >= 0.3 is 0 Å². The van der Waals surface area contributed by atoms with Crippen LogP contribution in [0.1, 0.15) is 31.1 Å². The van der Waals surface area contributed by atoms with Crippen LogP contribution in [0.2, 0.25) is 0 Å². The molecule has 24 heavy (non-hydrogen) atoms. The molecule has 0 aromatic carbocycles. The Morgan fingerprint density at radius 2 is 1.92 bits per heavy atom. The number of hydrogen-bond donors (Lipinski definition) is 1. The van der Waals surface area contributed by atoms with E-state index in [1.54, 1.807) is 28.9 Å². The van der Waals surface area contributed by atoms with Crippen molar-refractivity contribution in [3.8, 4) is 0 Å². The van der Waals surface area contributed by atoms with Crippen molar-refractivity contribution in [2.75, 3.05) is 13.1 Å². The summed E-state index contributed by atoms with van der Waals surface area (Å²) in [5.41, 5.74) is 0.489. The maximum atomic E-state index is 12.9. The van der Waals surface area contributed by atoms with Crippen molar-refractivity contribution in [1.29, 1.82) is 0 Å². The van der Waals surface area contributed by atoms with Gasteiger partial charge in [-0.25, -0.2) is 4.98 Å². The van der Waals surface area contributed by atoms with Gasteiger partial charge in [-0.1, -0.05) is 0 Å². The van der Waals surface area contributed by atoms with E-state index in [-0.39, 0.29) is 29.5 Å². The number of fused-ring (bicyclic) bond motifs is 1. The monoisotopic (exact) mass is 328 g/mol. The second kappa shape index (κ2) is 6.07. The fourth-order valence-corrected chi connectivity index (χ4v) is 3.32. The second-order valence-corrected chi connectivity index (χ2v) is 6.30. The molecule has 7 nitrogen and oxygen atoms in total. The molecule has 2 aromatic heterocycles. The molecule has 126 valence electrons. The highest BCUT2D eigenvalue weighted by Crippen LogP contribution is 2.20.